The first-order valence-electron chi connectivity index (χ1n) is 9.87. The summed E-state index contributed by atoms with van der Waals surface area (Å²) in [6.45, 7) is 11.2. The molecule has 0 amide bonds. The molecule has 0 saturated carbocycles. The van der Waals surface area contributed by atoms with E-state index in [9.17, 15) is 0 Å². The highest BCUT2D eigenvalue weighted by molar-refractivity contribution is 5.12. The van der Waals surface area contributed by atoms with Crippen LogP contribution < -0.4 is 5.32 Å². The molecule has 1 aliphatic rings. The summed E-state index contributed by atoms with van der Waals surface area (Å²) in [4.78, 5) is 4.39. The quantitative estimate of drug-likeness (QED) is 0.439. The van der Waals surface area contributed by atoms with Crippen LogP contribution in [-0.4, -0.2) is 56.7 Å². The van der Waals surface area contributed by atoms with E-state index in [0.717, 1.165) is 63.3 Å². The van der Waals surface area contributed by atoms with E-state index in [1.54, 1.807) is 0 Å². The molecule has 0 aromatic rings. The van der Waals surface area contributed by atoms with Gasteiger partial charge in [-0.05, 0) is 57.5 Å². The van der Waals surface area contributed by atoms with E-state index in [0.29, 0.717) is 6.04 Å². The maximum atomic E-state index is 5.89. The van der Waals surface area contributed by atoms with Crippen LogP contribution >= 0.6 is 0 Å². The summed E-state index contributed by atoms with van der Waals surface area (Å²) in [7, 11) is 6.23. The summed E-state index contributed by atoms with van der Waals surface area (Å²) in [6.07, 6.45) is 14.0. The predicted molar refractivity (Wildman–Crippen MR) is 113 cm³/mol. The average Bonchev–Trinajstić information content (AvgIpc) is 2.62. The van der Waals surface area contributed by atoms with Crippen molar-refractivity contribution in [3.05, 3.63) is 48.0 Å². The molecule has 148 valence electrons. The molecule has 26 heavy (non-hydrogen) atoms. The highest BCUT2D eigenvalue weighted by Crippen LogP contribution is 2.21. The molecule has 1 aliphatic heterocycles. The molecule has 0 radical (unpaired) electrons. The molecule has 0 aromatic heterocycles. The number of nitrogens with one attached hydrogen (secondary N) is 1. The molecule has 1 fully saturated rings. The average molecular weight is 362 g/mol. The molecule has 4 nitrogen and oxygen atoms in total. The van der Waals surface area contributed by atoms with E-state index in [1.165, 1.54) is 5.57 Å². The molecule has 1 atom stereocenters. The second-order valence-corrected chi connectivity index (χ2v) is 7.40. The standard InChI is InChI=1S/C22H39N3O/c1-7-20(3)25(6)17-19(2)23-15-10-12-22-14-13-21(18-26-22)11-8-9-16-24(4)5/h9,11-12,16,20,23H,2,7-8,10,13-15,17-18H2,1,3-6H3/b16-9+,21-11+,22-12+/t20-/m0/s1. The SMILES string of the molecule is C=C(CN(C)[C@@H](C)CC)NCC/C=C1\CC/C(=C\C/C=C/N(C)C)CO1. The van der Waals surface area contributed by atoms with Crippen molar-refractivity contribution in [3.8, 4) is 0 Å². The maximum Gasteiger partial charge on any atom is 0.109 e. The Morgan fingerprint density at radius 3 is 2.65 bits per heavy atom. The van der Waals surface area contributed by atoms with E-state index in [2.05, 4.69) is 67.0 Å². The third-order valence-electron chi connectivity index (χ3n) is 4.76. The van der Waals surface area contributed by atoms with Gasteiger partial charge in [-0.15, -0.1) is 0 Å². The van der Waals surface area contributed by atoms with Gasteiger partial charge in [0.05, 0.1) is 5.76 Å². The number of allylic oxidation sites excluding steroid dienone is 3. The van der Waals surface area contributed by atoms with Gasteiger partial charge >= 0.3 is 0 Å². The van der Waals surface area contributed by atoms with E-state index in [1.807, 2.05) is 14.1 Å². The Balaban J connectivity index is 2.20. The zero-order valence-electron chi connectivity index (χ0n) is 17.6. The predicted octanol–water partition coefficient (Wildman–Crippen LogP) is 4.30. The fourth-order valence-corrected chi connectivity index (χ4v) is 2.75. The number of hydrogen-bond donors (Lipinski definition) is 1. The van der Waals surface area contributed by atoms with Crippen LogP contribution in [0.5, 0.6) is 0 Å². The monoisotopic (exact) mass is 361 g/mol. The molecule has 1 rings (SSSR count). The minimum atomic E-state index is 0.590. The largest absolute Gasteiger partial charge is 0.494 e. The zero-order valence-corrected chi connectivity index (χ0v) is 17.6. The van der Waals surface area contributed by atoms with Crippen LogP contribution in [0.1, 0.15) is 46.0 Å². The van der Waals surface area contributed by atoms with Gasteiger partial charge in [0.25, 0.3) is 0 Å². The number of nitrogens with zero attached hydrogens (tertiary/aromatic N) is 2. The van der Waals surface area contributed by atoms with Crippen LogP contribution in [0.4, 0.5) is 0 Å². The molecule has 0 bridgehead atoms. The number of likely N-dealkylation sites (N-methyl/N-ethyl adjacent to an activating group) is 1. The Bertz CT molecular complexity index is 494. The molecular weight excluding hydrogens is 322 g/mol. The van der Waals surface area contributed by atoms with Crippen molar-refractivity contribution in [2.24, 2.45) is 0 Å². The third-order valence-corrected chi connectivity index (χ3v) is 4.76. The highest BCUT2D eigenvalue weighted by atomic mass is 16.5. The van der Waals surface area contributed by atoms with Crippen LogP contribution in [0.3, 0.4) is 0 Å². The van der Waals surface area contributed by atoms with Gasteiger partial charge in [-0.2, -0.15) is 0 Å². The highest BCUT2D eigenvalue weighted by Gasteiger charge is 2.10. The Morgan fingerprint density at radius 2 is 2.04 bits per heavy atom. The summed E-state index contributed by atoms with van der Waals surface area (Å²) in [5.41, 5.74) is 2.50. The lowest BCUT2D eigenvalue weighted by molar-refractivity contribution is 0.202. The first-order valence-corrected chi connectivity index (χ1v) is 9.87. The fraction of sp³-hybridized carbons (Fsp3) is 0.636. The van der Waals surface area contributed by atoms with Crippen molar-refractivity contribution >= 4 is 0 Å². The zero-order chi connectivity index (χ0) is 19.4. The molecule has 1 heterocycles. The molecule has 0 spiro atoms. The van der Waals surface area contributed by atoms with Gasteiger partial charge in [0, 0.05) is 45.3 Å². The molecule has 4 heteroatoms. The Kier molecular flexibility index (Phi) is 10.9. The van der Waals surface area contributed by atoms with Crippen LogP contribution in [0.2, 0.25) is 0 Å². The van der Waals surface area contributed by atoms with Gasteiger partial charge in [-0.25, -0.2) is 0 Å². The van der Waals surface area contributed by atoms with E-state index >= 15 is 0 Å². The Hall–Kier alpha value is -1.68. The van der Waals surface area contributed by atoms with Crippen molar-refractivity contribution in [3.63, 3.8) is 0 Å². The van der Waals surface area contributed by atoms with Gasteiger partial charge in [0.2, 0.25) is 0 Å². The van der Waals surface area contributed by atoms with Crippen molar-refractivity contribution < 1.29 is 4.74 Å². The molecule has 0 aromatic carbocycles. The molecule has 1 saturated heterocycles. The lowest BCUT2D eigenvalue weighted by Crippen LogP contribution is -2.33. The fourth-order valence-electron chi connectivity index (χ4n) is 2.75. The number of ether oxygens (including phenoxy) is 1. The minimum absolute atomic E-state index is 0.590. The normalized spacial score (nSPS) is 19.2. The van der Waals surface area contributed by atoms with E-state index in [-0.39, 0.29) is 0 Å². The van der Waals surface area contributed by atoms with Gasteiger partial charge in [0.1, 0.15) is 6.61 Å². The van der Waals surface area contributed by atoms with Gasteiger partial charge < -0.3 is 15.0 Å². The van der Waals surface area contributed by atoms with E-state index < -0.39 is 0 Å². The van der Waals surface area contributed by atoms with Crippen LogP contribution in [-0.2, 0) is 4.74 Å². The summed E-state index contributed by atoms with van der Waals surface area (Å²) >= 11 is 0. The van der Waals surface area contributed by atoms with Crippen molar-refractivity contribution in [1.82, 2.24) is 15.1 Å². The second-order valence-electron chi connectivity index (χ2n) is 7.40. The van der Waals surface area contributed by atoms with Crippen molar-refractivity contribution in [2.75, 3.05) is 40.8 Å². The van der Waals surface area contributed by atoms with Crippen LogP contribution in [0.25, 0.3) is 0 Å². The first kappa shape index (κ1) is 22.4. The summed E-state index contributed by atoms with van der Waals surface area (Å²) in [5.74, 6) is 1.13. The summed E-state index contributed by atoms with van der Waals surface area (Å²) < 4.78 is 5.89. The van der Waals surface area contributed by atoms with Crippen molar-refractivity contribution in [1.29, 1.82) is 0 Å². The minimum Gasteiger partial charge on any atom is -0.494 e. The van der Waals surface area contributed by atoms with Gasteiger partial charge in [-0.3, -0.25) is 4.90 Å². The second kappa shape index (κ2) is 12.6. The van der Waals surface area contributed by atoms with Crippen molar-refractivity contribution in [2.45, 2.75) is 52.0 Å². The summed E-state index contributed by atoms with van der Waals surface area (Å²) in [6, 6.07) is 0.590. The van der Waals surface area contributed by atoms with E-state index in [4.69, 9.17) is 4.74 Å². The molecule has 0 unspecified atom stereocenters. The number of hydrogen-bond acceptors (Lipinski definition) is 4. The molecule has 0 aliphatic carbocycles. The first-order chi connectivity index (χ1) is 12.4. The van der Waals surface area contributed by atoms with Crippen LogP contribution in [0.15, 0.2) is 48.0 Å². The van der Waals surface area contributed by atoms with Gasteiger partial charge in [0.15, 0.2) is 0 Å². The Labute approximate surface area is 161 Å². The lowest BCUT2D eigenvalue weighted by atomic mass is 10.1. The lowest BCUT2D eigenvalue weighted by Gasteiger charge is -2.24. The van der Waals surface area contributed by atoms with Gasteiger partial charge in [-0.1, -0.05) is 25.7 Å². The smallest absolute Gasteiger partial charge is 0.109 e. The maximum absolute atomic E-state index is 5.89. The molecule has 1 N–H and O–H groups in total. The van der Waals surface area contributed by atoms with Crippen LogP contribution in [0, 0.1) is 0 Å². The Morgan fingerprint density at radius 1 is 1.27 bits per heavy atom. The third kappa shape index (κ3) is 9.71. The number of rotatable bonds is 11. The topological polar surface area (TPSA) is 27.7 Å². The molecular formula is C22H39N3O. The summed E-state index contributed by atoms with van der Waals surface area (Å²) in [5, 5.41) is 3.43.